The Kier molecular flexibility index (Phi) is 4.36. The van der Waals surface area contributed by atoms with E-state index in [-0.39, 0.29) is 29.4 Å². The summed E-state index contributed by atoms with van der Waals surface area (Å²) in [5.41, 5.74) is -0.851. The van der Waals surface area contributed by atoms with Crippen molar-refractivity contribution in [3.8, 4) is 0 Å². The summed E-state index contributed by atoms with van der Waals surface area (Å²) in [6, 6.07) is -0.319. The molecule has 0 radical (unpaired) electrons. The van der Waals surface area contributed by atoms with E-state index in [9.17, 15) is 18.0 Å². The van der Waals surface area contributed by atoms with Crippen molar-refractivity contribution in [2.24, 2.45) is 0 Å². The number of hydrogen-bond acceptors (Lipinski definition) is 4. The Labute approximate surface area is 119 Å². The van der Waals surface area contributed by atoms with Crippen LogP contribution in [0.4, 0.5) is 0 Å². The third-order valence-electron chi connectivity index (χ3n) is 4.12. The predicted molar refractivity (Wildman–Crippen MR) is 74.8 cm³/mol. The Morgan fingerprint density at radius 3 is 2.30 bits per heavy atom. The lowest BCUT2D eigenvalue weighted by Crippen LogP contribution is -2.60. The molecule has 2 fully saturated rings. The minimum Gasteiger partial charge on any atom is -0.350 e. The van der Waals surface area contributed by atoms with E-state index in [2.05, 4.69) is 10.6 Å². The van der Waals surface area contributed by atoms with Crippen molar-refractivity contribution in [2.45, 2.75) is 57.0 Å². The Hall–Kier alpha value is -1.11. The van der Waals surface area contributed by atoms with Gasteiger partial charge in [-0.25, -0.2) is 8.42 Å². The van der Waals surface area contributed by atoms with Crippen LogP contribution in [0.15, 0.2) is 0 Å². The highest BCUT2D eigenvalue weighted by Gasteiger charge is 2.42. The maximum atomic E-state index is 12.5. The second kappa shape index (κ2) is 5.71. The van der Waals surface area contributed by atoms with Crippen molar-refractivity contribution in [1.29, 1.82) is 0 Å². The van der Waals surface area contributed by atoms with Crippen LogP contribution in [-0.2, 0) is 19.4 Å². The minimum atomic E-state index is -3.02. The molecule has 0 aromatic carbocycles. The Morgan fingerprint density at radius 1 is 1.15 bits per heavy atom. The molecule has 2 N–H and O–H groups in total. The van der Waals surface area contributed by atoms with E-state index in [1.807, 2.05) is 0 Å². The van der Waals surface area contributed by atoms with Gasteiger partial charge in [-0.3, -0.25) is 9.59 Å². The second-order valence-electron chi connectivity index (χ2n) is 5.90. The third kappa shape index (κ3) is 3.50. The molecule has 7 heteroatoms. The summed E-state index contributed by atoms with van der Waals surface area (Å²) in [5.74, 6) is -0.310. The lowest BCUT2D eigenvalue weighted by molar-refractivity contribution is -0.134. The summed E-state index contributed by atoms with van der Waals surface area (Å²) in [4.78, 5) is 23.9. The SMILES string of the molecule is CC(=O)NC1(C(=O)NC2CCS(=O)(=O)C2)CCCCC1. The largest absolute Gasteiger partial charge is 0.350 e. The normalized spacial score (nSPS) is 27.8. The van der Waals surface area contributed by atoms with E-state index >= 15 is 0 Å². The highest BCUT2D eigenvalue weighted by Crippen LogP contribution is 2.29. The molecule has 114 valence electrons. The van der Waals surface area contributed by atoms with Gasteiger partial charge in [0.05, 0.1) is 11.5 Å². The zero-order valence-electron chi connectivity index (χ0n) is 11.8. The van der Waals surface area contributed by atoms with Gasteiger partial charge in [0.15, 0.2) is 9.84 Å². The highest BCUT2D eigenvalue weighted by molar-refractivity contribution is 7.91. The van der Waals surface area contributed by atoms with Crippen LogP contribution in [0.1, 0.15) is 45.4 Å². The van der Waals surface area contributed by atoms with Crippen molar-refractivity contribution in [2.75, 3.05) is 11.5 Å². The van der Waals surface area contributed by atoms with Gasteiger partial charge in [-0.2, -0.15) is 0 Å². The zero-order chi connectivity index (χ0) is 14.8. The number of hydrogen-bond donors (Lipinski definition) is 2. The molecule has 0 aromatic rings. The summed E-state index contributed by atoms with van der Waals surface area (Å²) in [6.07, 6.45) is 4.57. The number of carbonyl (C=O) groups excluding carboxylic acids is 2. The third-order valence-corrected chi connectivity index (χ3v) is 5.89. The number of sulfone groups is 1. The fraction of sp³-hybridized carbons (Fsp3) is 0.846. The molecule has 0 aromatic heterocycles. The molecule has 1 saturated heterocycles. The van der Waals surface area contributed by atoms with Gasteiger partial charge in [0.2, 0.25) is 11.8 Å². The van der Waals surface area contributed by atoms with Crippen LogP contribution in [-0.4, -0.2) is 43.3 Å². The molecule has 1 atom stereocenters. The Balaban J connectivity index is 2.05. The molecular weight excluding hydrogens is 280 g/mol. The molecular formula is C13H22N2O4S. The standard InChI is InChI=1S/C13H22N2O4S/c1-10(16)15-13(6-3-2-4-7-13)12(17)14-11-5-8-20(18,19)9-11/h11H,2-9H2,1H3,(H,14,17)(H,15,16). The van der Waals surface area contributed by atoms with E-state index in [0.717, 1.165) is 19.3 Å². The van der Waals surface area contributed by atoms with E-state index in [4.69, 9.17) is 0 Å². The number of carbonyl (C=O) groups is 2. The van der Waals surface area contributed by atoms with Gasteiger partial charge in [-0.15, -0.1) is 0 Å². The molecule has 1 saturated carbocycles. The van der Waals surface area contributed by atoms with Crippen LogP contribution in [0.3, 0.4) is 0 Å². The van der Waals surface area contributed by atoms with Crippen LogP contribution < -0.4 is 10.6 Å². The first-order valence-corrected chi connectivity index (χ1v) is 8.95. The van der Waals surface area contributed by atoms with Crippen LogP contribution >= 0.6 is 0 Å². The van der Waals surface area contributed by atoms with Gasteiger partial charge in [0.1, 0.15) is 5.54 Å². The van der Waals surface area contributed by atoms with Gasteiger partial charge >= 0.3 is 0 Å². The predicted octanol–water partition coefficient (Wildman–Crippen LogP) is 0.129. The van der Waals surface area contributed by atoms with Crippen LogP contribution in [0.25, 0.3) is 0 Å². The van der Waals surface area contributed by atoms with E-state index in [0.29, 0.717) is 19.3 Å². The van der Waals surface area contributed by atoms with Gasteiger partial charge in [0, 0.05) is 13.0 Å². The highest BCUT2D eigenvalue weighted by atomic mass is 32.2. The average Bonchev–Trinajstić information content (AvgIpc) is 2.69. The van der Waals surface area contributed by atoms with E-state index in [1.54, 1.807) is 0 Å². The van der Waals surface area contributed by atoms with Crippen molar-refractivity contribution >= 4 is 21.7 Å². The molecule has 1 heterocycles. The summed E-state index contributed by atoms with van der Waals surface area (Å²) in [6.45, 7) is 1.41. The van der Waals surface area contributed by atoms with Crippen LogP contribution in [0.2, 0.25) is 0 Å². The molecule has 0 bridgehead atoms. The summed E-state index contributed by atoms with van der Waals surface area (Å²) >= 11 is 0. The van der Waals surface area contributed by atoms with Crippen molar-refractivity contribution < 1.29 is 18.0 Å². The summed E-state index contributed by atoms with van der Waals surface area (Å²) in [5, 5.41) is 5.61. The number of rotatable bonds is 3. The molecule has 1 aliphatic carbocycles. The maximum absolute atomic E-state index is 12.5. The average molecular weight is 302 g/mol. The molecule has 0 spiro atoms. The second-order valence-corrected chi connectivity index (χ2v) is 8.13. The van der Waals surface area contributed by atoms with Crippen LogP contribution in [0, 0.1) is 0 Å². The fourth-order valence-electron chi connectivity index (χ4n) is 3.13. The Bertz CT molecular complexity index is 495. The maximum Gasteiger partial charge on any atom is 0.246 e. The summed E-state index contributed by atoms with van der Waals surface area (Å²) in [7, 11) is -3.02. The van der Waals surface area contributed by atoms with Gasteiger partial charge < -0.3 is 10.6 Å². The first kappa shape index (κ1) is 15.3. The molecule has 20 heavy (non-hydrogen) atoms. The van der Waals surface area contributed by atoms with Crippen molar-refractivity contribution in [3.63, 3.8) is 0 Å². The van der Waals surface area contributed by atoms with Crippen molar-refractivity contribution in [1.82, 2.24) is 10.6 Å². The lowest BCUT2D eigenvalue weighted by atomic mass is 9.80. The smallest absolute Gasteiger partial charge is 0.246 e. The van der Waals surface area contributed by atoms with Crippen molar-refractivity contribution in [3.05, 3.63) is 0 Å². The molecule has 2 rings (SSSR count). The van der Waals surface area contributed by atoms with Gasteiger partial charge in [0.25, 0.3) is 0 Å². The van der Waals surface area contributed by atoms with E-state index < -0.39 is 15.4 Å². The molecule has 6 nitrogen and oxygen atoms in total. The topological polar surface area (TPSA) is 92.3 Å². The first-order valence-electron chi connectivity index (χ1n) is 7.13. The minimum absolute atomic E-state index is 0.00882. The fourth-order valence-corrected chi connectivity index (χ4v) is 4.81. The van der Waals surface area contributed by atoms with E-state index in [1.165, 1.54) is 6.92 Å². The molecule has 1 unspecified atom stereocenters. The Morgan fingerprint density at radius 2 is 1.80 bits per heavy atom. The van der Waals surface area contributed by atoms with Crippen LogP contribution in [0.5, 0.6) is 0 Å². The number of nitrogens with one attached hydrogen (secondary N) is 2. The van der Waals surface area contributed by atoms with Gasteiger partial charge in [-0.05, 0) is 19.3 Å². The quantitative estimate of drug-likeness (QED) is 0.775. The molecule has 2 amide bonds. The molecule has 2 aliphatic rings. The monoisotopic (exact) mass is 302 g/mol. The number of amides is 2. The zero-order valence-corrected chi connectivity index (χ0v) is 12.6. The lowest BCUT2D eigenvalue weighted by Gasteiger charge is -2.37. The van der Waals surface area contributed by atoms with Gasteiger partial charge in [-0.1, -0.05) is 19.3 Å². The molecule has 1 aliphatic heterocycles. The first-order chi connectivity index (χ1) is 9.33. The summed E-state index contributed by atoms with van der Waals surface area (Å²) < 4.78 is 22.9.